The average molecular weight is 258 g/mol. The van der Waals surface area contributed by atoms with Gasteiger partial charge in [-0.25, -0.2) is 0 Å². The summed E-state index contributed by atoms with van der Waals surface area (Å²) < 4.78 is 31.6. The molecule has 0 unspecified atom stereocenters. The Hall–Kier alpha value is -1.90. The van der Waals surface area contributed by atoms with Crippen molar-refractivity contribution >= 4 is 27.2 Å². The number of carbonyl (C=O) groups is 1. The Morgan fingerprint density at radius 2 is 1.82 bits per heavy atom. The predicted octanol–water partition coefficient (Wildman–Crippen LogP) is 0.614. The van der Waals surface area contributed by atoms with Crippen LogP contribution in [0.25, 0.3) is 10.9 Å². The number of fused-ring (bicyclic) bond motifs is 1. The fourth-order valence-electron chi connectivity index (χ4n) is 1.20. The number of aromatic amines is 1. The summed E-state index contributed by atoms with van der Waals surface area (Å²) >= 11 is 0. The van der Waals surface area contributed by atoms with Crippen molar-refractivity contribution in [3.05, 3.63) is 36.0 Å². The highest BCUT2D eigenvalue weighted by Gasteiger charge is 2.00. The van der Waals surface area contributed by atoms with Crippen LogP contribution in [0.15, 0.2) is 30.5 Å². The highest BCUT2D eigenvalue weighted by Crippen LogP contribution is 2.13. The van der Waals surface area contributed by atoms with Gasteiger partial charge in [-0.1, -0.05) is 6.07 Å². The van der Waals surface area contributed by atoms with E-state index in [0.29, 0.717) is 5.56 Å². The molecule has 2 aromatic rings. The lowest BCUT2D eigenvalue weighted by atomic mass is 10.1. The number of primary amides is 1. The number of benzene rings is 1. The topological polar surface area (TPSA) is 133 Å². The van der Waals surface area contributed by atoms with Crippen LogP contribution < -0.4 is 5.73 Å². The monoisotopic (exact) mass is 258 g/mol. The third-order valence-electron chi connectivity index (χ3n) is 1.84. The molecule has 7 nitrogen and oxygen atoms in total. The van der Waals surface area contributed by atoms with E-state index in [1.54, 1.807) is 12.1 Å². The number of hydrogen-bond acceptors (Lipinski definition) is 3. The van der Waals surface area contributed by atoms with E-state index in [0.717, 1.165) is 10.9 Å². The molecule has 0 fully saturated rings. The Morgan fingerprint density at radius 1 is 1.24 bits per heavy atom. The van der Waals surface area contributed by atoms with Gasteiger partial charge in [-0.3, -0.25) is 13.9 Å². The minimum absolute atomic E-state index is 0.397. The van der Waals surface area contributed by atoms with E-state index in [9.17, 15) is 4.79 Å². The molecule has 2 rings (SSSR count). The number of H-pyrrole nitrogens is 1. The van der Waals surface area contributed by atoms with Crippen LogP contribution in [0.5, 0.6) is 0 Å². The van der Waals surface area contributed by atoms with Gasteiger partial charge in [-0.05, 0) is 23.6 Å². The van der Waals surface area contributed by atoms with Gasteiger partial charge in [0.1, 0.15) is 0 Å². The Bertz CT molecular complexity index is 624. The molecule has 0 atom stereocenters. The molecule has 1 heterocycles. The number of nitrogens with two attached hydrogens (primary N) is 1. The Morgan fingerprint density at radius 3 is 2.35 bits per heavy atom. The Labute approximate surface area is 96.8 Å². The van der Waals surface area contributed by atoms with Crippen LogP contribution >= 0.6 is 0 Å². The van der Waals surface area contributed by atoms with Crippen LogP contribution in [0.2, 0.25) is 0 Å². The second-order valence-electron chi connectivity index (χ2n) is 3.09. The highest BCUT2D eigenvalue weighted by atomic mass is 32.3. The molecule has 1 aromatic heterocycles. The summed E-state index contributed by atoms with van der Waals surface area (Å²) in [6.07, 6.45) is 1.83. The van der Waals surface area contributed by atoms with Crippen LogP contribution in [0.1, 0.15) is 10.4 Å². The second-order valence-corrected chi connectivity index (χ2v) is 3.99. The zero-order valence-corrected chi connectivity index (χ0v) is 9.31. The predicted molar refractivity (Wildman–Crippen MR) is 61.0 cm³/mol. The van der Waals surface area contributed by atoms with E-state index in [4.69, 9.17) is 23.3 Å². The lowest BCUT2D eigenvalue weighted by molar-refractivity contribution is 0.100. The molecule has 17 heavy (non-hydrogen) atoms. The standard InChI is InChI=1S/C9H8N2O.H2O4S/c10-9(12)7-2-1-6-3-4-11-8(6)5-7;1-5(2,3)4/h1-5,11H,(H2,10,12);(H2,1,2,3,4). The minimum Gasteiger partial charge on any atom is -0.366 e. The first kappa shape index (κ1) is 13.2. The summed E-state index contributed by atoms with van der Waals surface area (Å²) in [5.74, 6) is -0.397. The molecule has 0 radical (unpaired) electrons. The molecular formula is C9H10N2O5S. The molecule has 1 aromatic carbocycles. The first-order chi connectivity index (χ1) is 7.77. The maximum absolute atomic E-state index is 10.8. The van der Waals surface area contributed by atoms with E-state index in [1.165, 1.54) is 0 Å². The van der Waals surface area contributed by atoms with Crippen LogP contribution in [0.3, 0.4) is 0 Å². The summed E-state index contributed by atoms with van der Waals surface area (Å²) in [6, 6.07) is 7.28. The summed E-state index contributed by atoms with van der Waals surface area (Å²) in [7, 11) is -4.67. The third kappa shape index (κ3) is 4.64. The van der Waals surface area contributed by atoms with E-state index in [-0.39, 0.29) is 0 Å². The van der Waals surface area contributed by atoms with E-state index in [2.05, 4.69) is 4.98 Å². The van der Waals surface area contributed by atoms with Crippen molar-refractivity contribution in [3.8, 4) is 0 Å². The molecule has 0 bridgehead atoms. The van der Waals surface area contributed by atoms with Crippen molar-refractivity contribution in [2.45, 2.75) is 0 Å². The molecule has 0 aliphatic heterocycles. The van der Waals surface area contributed by atoms with Crippen molar-refractivity contribution < 1.29 is 22.3 Å². The molecule has 0 aliphatic carbocycles. The zero-order valence-electron chi connectivity index (χ0n) is 8.49. The molecule has 92 valence electrons. The van der Waals surface area contributed by atoms with Gasteiger partial charge in [0.15, 0.2) is 0 Å². The van der Waals surface area contributed by atoms with E-state index in [1.807, 2.05) is 18.3 Å². The average Bonchev–Trinajstić information content (AvgIpc) is 2.60. The first-order valence-corrected chi connectivity index (χ1v) is 5.74. The molecule has 5 N–H and O–H groups in total. The van der Waals surface area contributed by atoms with Gasteiger partial charge in [0.05, 0.1) is 0 Å². The summed E-state index contributed by atoms with van der Waals surface area (Å²) in [4.78, 5) is 13.8. The van der Waals surface area contributed by atoms with E-state index < -0.39 is 16.3 Å². The van der Waals surface area contributed by atoms with Crippen molar-refractivity contribution in [2.75, 3.05) is 0 Å². The van der Waals surface area contributed by atoms with Gasteiger partial charge in [-0.15, -0.1) is 0 Å². The van der Waals surface area contributed by atoms with Crippen LogP contribution in [0, 0.1) is 0 Å². The molecule has 0 aliphatic rings. The molecule has 1 amide bonds. The molecule has 0 spiro atoms. The lowest BCUT2D eigenvalue weighted by Crippen LogP contribution is -2.10. The largest absolute Gasteiger partial charge is 0.394 e. The van der Waals surface area contributed by atoms with Crippen LogP contribution in [-0.4, -0.2) is 28.4 Å². The summed E-state index contributed by atoms with van der Waals surface area (Å²) in [6.45, 7) is 0. The summed E-state index contributed by atoms with van der Waals surface area (Å²) in [5.41, 5.74) is 6.59. The molecule has 0 saturated carbocycles. The first-order valence-electron chi connectivity index (χ1n) is 4.34. The highest BCUT2D eigenvalue weighted by molar-refractivity contribution is 7.79. The second kappa shape index (κ2) is 4.95. The van der Waals surface area contributed by atoms with Gasteiger partial charge in [0.25, 0.3) is 0 Å². The third-order valence-corrected chi connectivity index (χ3v) is 1.84. The van der Waals surface area contributed by atoms with Gasteiger partial charge in [0.2, 0.25) is 5.91 Å². The number of aromatic nitrogens is 1. The fourth-order valence-corrected chi connectivity index (χ4v) is 1.20. The quantitative estimate of drug-likeness (QED) is 0.556. The van der Waals surface area contributed by atoms with Crippen LogP contribution in [-0.2, 0) is 10.4 Å². The van der Waals surface area contributed by atoms with Gasteiger partial charge >= 0.3 is 10.4 Å². The van der Waals surface area contributed by atoms with Gasteiger partial charge in [-0.2, -0.15) is 8.42 Å². The molecule has 0 saturated heterocycles. The number of hydrogen-bond donors (Lipinski definition) is 4. The number of rotatable bonds is 1. The SMILES string of the molecule is NC(=O)c1ccc2cc[nH]c2c1.O=S(=O)(O)O. The zero-order chi connectivity index (χ0) is 13.1. The van der Waals surface area contributed by atoms with Gasteiger partial charge < -0.3 is 10.7 Å². The number of amides is 1. The lowest BCUT2D eigenvalue weighted by Gasteiger charge is -1.94. The Balaban J connectivity index is 0.000000249. The van der Waals surface area contributed by atoms with Crippen molar-refractivity contribution in [2.24, 2.45) is 5.73 Å². The van der Waals surface area contributed by atoms with Crippen molar-refractivity contribution in [1.29, 1.82) is 0 Å². The van der Waals surface area contributed by atoms with E-state index >= 15 is 0 Å². The maximum Gasteiger partial charge on any atom is 0.394 e. The van der Waals surface area contributed by atoms with Crippen molar-refractivity contribution in [3.63, 3.8) is 0 Å². The summed E-state index contributed by atoms with van der Waals surface area (Å²) in [5, 5.41) is 1.08. The number of carbonyl (C=O) groups excluding carboxylic acids is 1. The number of nitrogens with one attached hydrogen (secondary N) is 1. The van der Waals surface area contributed by atoms with Gasteiger partial charge in [0, 0.05) is 17.3 Å². The minimum atomic E-state index is -4.67. The molecule has 8 heteroatoms. The molecular weight excluding hydrogens is 248 g/mol. The smallest absolute Gasteiger partial charge is 0.366 e. The normalized spacial score (nSPS) is 10.7. The Kier molecular flexibility index (Phi) is 3.84. The van der Waals surface area contributed by atoms with Crippen LogP contribution in [0.4, 0.5) is 0 Å². The fraction of sp³-hybridized carbons (Fsp3) is 0. The maximum atomic E-state index is 10.8. The van der Waals surface area contributed by atoms with Crippen molar-refractivity contribution in [1.82, 2.24) is 4.98 Å².